The Morgan fingerprint density at radius 2 is 1.70 bits per heavy atom. The zero-order valence-corrected chi connectivity index (χ0v) is 10.8. The zero-order valence-electron chi connectivity index (χ0n) is 5.33. The van der Waals surface area contributed by atoms with Crippen LogP contribution in [0, 0.1) is 0 Å². The van der Waals surface area contributed by atoms with E-state index < -0.39 is 18.4 Å². The van der Waals surface area contributed by atoms with Gasteiger partial charge in [0.2, 0.25) is 0 Å². The van der Waals surface area contributed by atoms with Crippen LogP contribution in [0.2, 0.25) is 0 Å². The van der Waals surface area contributed by atoms with Crippen molar-refractivity contribution in [3.8, 4) is 0 Å². The molecule has 0 aromatic carbocycles. The normalized spacial score (nSPS) is 7.60. The Hall–Kier alpha value is -0.398. The van der Waals surface area contributed by atoms with Crippen LogP contribution in [0.3, 0.4) is 0 Å². The Kier molecular flexibility index (Phi) is 6.63. The van der Waals surface area contributed by atoms with E-state index in [1.54, 1.807) is 0 Å². The first-order valence-corrected chi connectivity index (χ1v) is 2.17. The first-order chi connectivity index (χ1) is 4.04. The summed E-state index contributed by atoms with van der Waals surface area (Å²) in [7, 11) is 0. The minimum atomic E-state index is -1.27. The van der Waals surface area contributed by atoms with E-state index in [1.807, 2.05) is 0 Å². The topological polar surface area (TPSA) is 74.6 Å². The van der Waals surface area contributed by atoms with E-state index in [2.05, 4.69) is 6.58 Å². The monoisotopic (exact) mass is 340 g/mol. The molecule has 0 rings (SSSR count). The Labute approximate surface area is 77.7 Å². The molecule has 56 valence electrons. The standard InChI is InChI=1S/C5H6O4.Pb.2H/c1-3(5(8)9)2-4(6)7;;;/h1-2H2,(H,6,7)(H,8,9);;;. The van der Waals surface area contributed by atoms with Crippen LogP contribution in [0.5, 0.6) is 0 Å². The third-order valence-corrected chi connectivity index (χ3v) is 0.667. The number of hydrogen-bond acceptors (Lipinski definition) is 2. The van der Waals surface area contributed by atoms with Gasteiger partial charge < -0.3 is 10.2 Å². The molecule has 0 unspecified atom stereocenters. The average molecular weight is 339 g/mol. The molecule has 0 atom stereocenters. The SMILES string of the molecule is C=C(CC(=O)O)C(=O)O.[PbH2]. The number of carboxylic acids is 2. The van der Waals surface area contributed by atoms with Crippen LogP contribution in [0.25, 0.3) is 0 Å². The Bertz CT molecular complexity index is 163. The molecule has 10 heavy (non-hydrogen) atoms. The van der Waals surface area contributed by atoms with E-state index in [9.17, 15) is 9.59 Å². The Balaban J connectivity index is 0. The van der Waals surface area contributed by atoms with Gasteiger partial charge in [-0.25, -0.2) is 4.79 Å². The van der Waals surface area contributed by atoms with Crippen molar-refractivity contribution in [1.29, 1.82) is 0 Å². The van der Waals surface area contributed by atoms with Gasteiger partial charge in [-0.2, -0.15) is 0 Å². The molecule has 0 aliphatic rings. The van der Waals surface area contributed by atoms with Gasteiger partial charge in [-0.05, 0) is 0 Å². The van der Waals surface area contributed by atoms with Crippen molar-refractivity contribution in [2.75, 3.05) is 0 Å². The van der Waals surface area contributed by atoms with Gasteiger partial charge in [-0.3, -0.25) is 4.79 Å². The van der Waals surface area contributed by atoms with Crippen LogP contribution in [-0.4, -0.2) is 49.5 Å². The second-order valence-corrected chi connectivity index (χ2v) is 1.48. The molecule has 0 heterocycles. The molecule has 0 amide bonds. The van der Waals surface area contributed by atoms with Gasteiger partial charge in [0.1, 0.15) is 0 Å². The maximum atomic E-state index is 9.87. The van der Waals surface area contributed by atoms with Crippen LogP contribution in [0.4, 0.5) is 0 Å². The van der Waals surface area contributed by atoms with Gasteiger partial charge >= 0.3 is 39.2 Å². The van der Waals surface area contributed by atoms with Crippen LogP contribution in [-0.2, 0) is 9.59 Å². The third kappa shape index (κ3) is 5.73. The van der Waals surface area contributed by atoms with Gasteiger partial charge in [0.25, 0.3) is 0 Å². The molecule has 0 aromatic rings. The van der Waals surface area contributed by atoms with Crippen molar-refractivity contribution < 1.29 is 19.8 Å². The Morgan fingerprint density at radius 1 is 1.30 bits per heavy atom. The molecule has 0 aliphatic heterocycles. The minimum absolute atomic E-state index is 0. The molecular formula is C5H8O4Pb. The first-order valence-electron chi connectivity index (χ1n) is 2.17. The Morgan fingerprint density at radius 3 is 1.80 bits per heavy atom. The molecule has 2 radical (unpaired) electrons. The van der Waals surface area contributed by atoms with Crippen molar-refractivity contribution in [3.63, 3.8) is 0 Å². The number of carbonyl (C=O) groups is 2. The summed E-state index contributed by atoms with van der Waals surface area (Å²) in [6.45, 7) is 3.01. The molecule has 4 nitrogen and oxygen atoms in total. The van der Waals surface area contributed by atoms with Crippen molar-refractivity contribution in [2.24, 2.45) is 0 Å². The summed E-state index contributed by atoms with van der Waals surface area (Å²) in [6, 6.07) is 0. The van der Waals surface area contributed by atoms with Crippen LogP contribution >= 0.6 is 0 Å². The van der Waals surface area contributed by atoms with Gasteiger partial charge in [-0.15, -0.1) is 0 Å². The fourth-order valence-electron chi connectivity index (χ4n) is 0.258. The van der Waals surface area contributed by atoms with Crippen molar-refractivity contribution in [1.82, 2.24) is 0 Å². The molecule has 0 aromatic heterocycles. The van der Waals surface area contributed by atoms with Crippen molar-refractivity contribution in [2.45, 2.75) is 6.42 Å². The number of rotatable bonds is 3. The van der Waals surface area contributed by atoms with Gasteiger partial charge in [0.15, 0.2) is 0 Å². The summed E-state index contributed by atoms with van der Waals surface area (Å²) in [4.78, 5) is 19.7. The van der Waals surface area contributed by atoms with Gasteiger partial charge in [0, 0.05) is 5.57 Å². The molecule has 0 fully saturated rings. The number of hydrogen-bond donors (Lipinski definition) is 2. The fourth-order valence-corrected chi connectivity index (χ4v) is 0.258. The van der Waals surface area contributed by atoms with Crippen molar-refractivity contribution in [3.05, 3.63) is 12.2 Å². The third-order valence-electron chi connectivity index (χ3n) is 0.667. The maximum absolute atomic E-state index is 9.87. The second-order valence-electron chi connectivity index (χ2n) is 1.48. The molecule has 5 heteroatoms. The summed E-state index contributed by atoms with van der Waals surface area (Å²) in [5, 5.41) is 16.1. The predicted octanol–water partition coefficient (Wildman–Crippen LogP) is -0.814. The summed E-state index contributed by atoms with van der Waals surface area (Å²) in [5.41, 5.74) is -0.303. The quantitative estimate of drug-likeness (QED) is 0.521. The van der Waals surface area contributed by atoms with E-state index >= 15 is 0 Å². The first kappa shape index (κ1) is 12.3. The summed E-state index contributed by atoms with van der Waals surface area (Å²) in [5.74, 6) is -2.44. The molecule has 0 saturated carbocycles. The number of carboxylic acid groups (broad SMARTS) is 2. The predicted molar refractivity (Wildman–Crippen MR) is 37.6 cm³/mol. The molecule has 0 saturated heterocycles. The molecule has 0 bridgehead atoms. The van der Waals surface area contributed by atoms with E-state index in [0.717, 1.165) is 0 Å². The van der Waals surface area contributed by atoms with Gasteiger partial charge in [0.05, 0.1) is 6.42 Å². The molecule has 2 N–H and O–H groups in total. The van der Waals surface area contributed by atoms with E-state index in [0.29, 0.717) is 0 Å². The average Bonchev–Trinajstić information content (AvgIpc) is 1.63. The summed E-state index contributed by atoms with van der Waals surface area (Å²) < 4.78 is 0. The van der Waals surface area contributed by atoms with Gasteiger partial charge in [-0.1, -0.05) is 6.58 Å². The van der Waals surface area contributed by atoms with E-state index in [1.165, 1.54) is 0 Å². The molecule has 0 spiro atoms. The molecular weight excluding hydrogens is 331 g/mol. The summed E-state index contributed by atoms with van der Waals surface area (Å²) in [6.07, 6.45) is -0.505. The van der Waals surface area contributed by atoms with E-state index in [4.69, 9.17) is 10.2 Å². The fraction of sp³-hybridized carbons (Fsp3) is 0.200. The van der Waals surface area contributed by atoms with E-state index in [-0.39, 0.29) is 32.9 Å². The van der Waals surface area contributed by atoms with Crippen molar-refractivity contribution >= 4 is 39.2 Å². The van der Waals surface area contributed by atoms with Crippen LogP contribution in [0.1, 0.15) is 6.42 Å². The number of aliphatic carboxylic acids is 2. The zero-order chi connectivity index (χ0) is 7.44. The van der Waals surface area contributed by atoms with Crippen LogP contribution < -0.4 is 0 Å². The second kappa shape index (κ2) is 5.39. The van der Waals surface area contributed by atoms with Crippen LogP contribution in [0.15, 0.2) is 12.2 Å². The molecule has 0 aliphatic carbocycles. The summed E-state index contributed by atoms with van der Waals surface area (Å²) >= 11 is 0.